The Kier molecular flexibility index (Phi) is 5.93. The molecule has 31 heavy (non-hydrogen) atoms. The fraction of sp³-hybridized carbons (Fsp3) is 0.692. The first kappa shape index (κ1) is 22.3. The Balaban J connectivity index is 1.55. The van der Waals surface area contributed by atoms with Crippen LogP contribution in [-0.2, 0) is 4.79 Å². The lowest BCUT2D eigenvalue weighted by Crippen LogP contribution is -2.53. The van der Waals surface area contributed by atoms with E-state index in [1.54, 1.807) is 0 Å². The van der Waals surface area contributed by atoms with Crippen LogP contribution in [0.2, 0.25) is 0 Å². The Bertz CT molecular complexity index is 836. The van der Waals surface area contributed by atoms with E-state index in [9.17, 15) is 9.59 Å². The van der Waals surface area contributed by atoms with Crippen LogP contribution >= 0.6 is 0 Å². The van der Waals surface area contributed by atoms with Crippen LogP contribution in [-0.4, -0.2) is 72.3 Å². The van der Waals surface area contributed by atoms with Crippen molar-refractivity contribution < 1.29 is 9.59 Å². The number of fused-ring (bicyclic) bond motifs is 1. The minimum Gasteiger partial charge on any atom is -0.342 e. The summed E-state index contributed by atoms with van der Waals surface area (Å²) in [5, 5.41) is 0. The van der Waals surface area contributed by atoms with Gasteiger partial charge in [0.15, 0.2) is 0 Å². The molecule has 3 fully saturated rings. The van der Waals surface area contributed by atoms with Crippen LogP contribution in [0.3, 0.4) is 0 Å². The molecule has 3 aliphatic rings. The molecule has 0 radical (unpaired) electrons. The molecule has 0 unspecified atom stereocenters. The minimum absolute atomic E-state index is 0.00218. The standard InChI is InChI=1S/C26H39N3O2/c1-6-28-12-9-26(24(28)31)18-27(16-19(2)3)17-25(26)7-10-29(11-8-25)23(30)22-14-20(4)13-21(5)15-22/h13-15,19H,6-12,16-18H2,1-5H3/t26-/m1/s1. The molecule has 5 nitrogen and oxygen atoms in total. The highest BCUT2D eigenvalue weighted by atomic mass is 16.2. The second-order valence-electron chi connectivity index (χ2n) is 10.7. The van der Waals surface area contributed by atoms with Crippen molar-refractivity contribution in [3.8, 4) is 0 Å². The fourth-order valence-electron chi connectivity index (χ4n) is 6.66. The molecule has 3 saturated heterocycles. The Morgan fingerprint density at radius 1 is 1.00 bits per heavy atom. The molecule has 1 aromatic rings. The van der Waals surface area contributed by atoms with Crippen LogP contribution in [0.1, 0.15) is 61.5 Å². The molecule has 0 bridgehead atoms. The molecular formula is C26H39N3O2. The molecular weight excluding hydrogens is 386 g/mol. The molecule has 1 atom stereocenters. The lowest BCUT2D eigenvalue weighted by atomic mass is 9.60. The van der Waals surface area contributed by atoms with Gasteiger partial charge in [0.2, 0.25) is 5.91 Å². The third-order valence-corrected chi connectivity index (χ3v) is 8.02. The molecule has 0 aliphatic carbocycles. The first-order chi connectivity index (χ1) is 14.7. The monoisotopic (exact) mass is 425 g/mol. The predicted molar refractivity (Wildman–Crippen MR) is 124 cm³/mol. The number of hydrogen-bond donors (Lipinski definition) is 0. The second kappa shape index (κ2) is 8.23. The number of likely N-dealkylation sites (tertiary alicyclic amines) is 3. The van der Waals surface area contributed by atoms with Crippen molar-refractivity contribution in [1.29, 1.82) is 0 Å². The molecule has 1 aromatic carbocycles. The van der Waals surface area contributed by atoms with Crippen LogP contribution in [0.15, 0.2) is 18.2 Å². The van der Waals surface area contributed by atoms with Crippen molar-refractivity contribution >= 4 is 11.8 Å². The first-order valence-electron chi connectivity index (χ1n) is 12.1. The molecule has 2 amide bonds. The highest BCUT2D eigenvalue weighted by Gasteiger charge is 2.64. The maximum atomic E-state index is 13.6. The Labute approximate surface area is 187 Å². The number of hydrogen-bond acceptors (Lipinski definition) is 3. The molecule has 2 spiro atoms. The van der Waals surface area contributed by atoms with Gasteiger partial charge in [-0.2, -0.15) is 0 Å². The lowest BCUT2D eigenvalue weighted by Gasteiger charge is -2.47. The zero-order valence-corrected chi connectivity index (χ0v) is 20.0. The Morgan fingerprint density at radius 3 is 2.19 bits per heavy atom. The smallest absolute Gasteiger partial charge is 0.253 e. The van der Waals surface area contributed by atoms with Gasteiger partial charge in [-0.3, -0.25) is 9.59 Å². The van der Waals surface area contributed by atoms with Gasteiger partial charge in [-0.25, -0.2) is 0 Å². The molecule has 3 heterocycles. The van der Waals surface area contributed by atoms with Crippen molar-refractivity contribution in [2.45, 2.75) is 53.9 Å². The van der Waals surface area contributed by atoms with Crippen molar-refractivity contribution in [3.63, 3.8) is 0 Å². The summed E-state index contributed by atoms with van der Waals surface area (Å²) < 4.78 is 0. The van der Waals surface area contributed by atoms with E-state index in [1.165, 1.54) is 0 Å². The molecule has 3 aliphatic heterocycles. The molecule has 170 valence electrons. The van der Waals surface area contributed by atoms with Gasteiger partial charge in [0.05, 0.1) is 5.41 Å². The summed E-state index contributed by atoms with van der Waals surface area (Å²) in [6, 6.07) is 6.11. The van der Waals surface area contributed by atoms with Crippen LogP contribution < -0.4 is 0 Å². The maximum absolute atomic E-state index is 13.6. The minimum atomic E-state index is -0.257. The predicted octanol–water partition coefficient (Wildman–Crippen LogP) is 3.74. The van der Waals surface area contributed by atoms with Crippen molar-refractivity contribution in [2.75, 3.05) is 45.8 Å². The van der Waals surface area contributed by atoms with E-state index in [-0.39, 0.29) is 16.7 Å². The first-order valence-corrected chi connectivity index (χ1v) is 12.1. The molecule has 4 rings (SSSR count). The lowest BCUT2D eigenvalue weighted by molar-refractivity contribution is -0.141. The number of carbonyl (C=O) groups excluding carboxylic acids is 2. The second-order valence-corrected chi connectivity index (χ2v) is 10.7. The van der Waals surface area contributed by atoms with E-state index in [1.807, 2.05) is 30.9 Å². The van der Waals surface area contributed by atoms with Crippen LogP contribution in [0.5, 0.6) is 0 Å². The van der Waals surface area contributed by atoms with E-state index in [2.05, 4.69) is 36.6 Å². The van der Waals surface area contributed by atoms with Gasteiger partial charge in [0.1, 0.15) is 0 Å². The van der Waals surface area contributed by atoms with E-state index >= 15 is 0 Å². The zero-order valence-electron chi connectivity index (χ0n) is 20.0. The van der Waals surface area contributed by atoms with Crippen LogP contribution in [0, 0.1) is 30.6 Å². The number of nitrogens with zero attached hydrogens (tertiary/aromatic N) is 3. The van der Waals surface area contributed by atoms with Gasteiger partial charge in [-0.05, 0) is 58.1 Å². The Morgan fingerprint density at radius 2 is 1.65 bits per heavy atom. The van der Waals surface area contributed by atoms with Crippen molar-refractivity contribution in [1.82, 2.24) is 14.7 Å². The van der Waals surface area contributed by atoms with E-state index in [0.717, 1.165) is 81.8 Å². The van der Waals surface area contributed by atoms with Crippen LogP contribution in [0.25, 0.3) is 0 Å². The molecule has 5 heteroatoms. The summed E-state index contributed by atoms with van der Waals surface area (Å²) in [6.07, 6.45) is 2.84. The molecule has 0 saturated carbocycles. The fourth-order valence-corrected chi connectivity index (χ4v) is 6.66. The van der Waals surface area contributed by atoms with Gasteiger partial charge in [0.25, 0.3) is 5.91 Å². The third kappa shape index (κ3) is 3.79. The number of carbonyl (C=O) groups is 2. The number of benzene rings is 1. The van der Waals surface area contributed by atoms with E-state index in [0.29, 0.717) is 11.8 Å². The van der Waals surface area contributed by atoms with Gasteiger partial charge < -0.3 is 14.7 Å². The summed E-state index contributed by atoms with van der Waals surface area (Å²) >= 11 is 0. The summed E-state index contributed by atoms with van der Waals surface area (Å²) in [5.41, 5.74) is 2.80. The van der Waals surface area contributed by atoms with Gasteiger partial charge in [-0.15, -0.1) is 0 Å². The number of rotatable bonds is 4. The van der Waals surface area contributed by atoms with E-state index in [4.69, 9.17) is 0 Å². The quantitative estimate of drug-likeness (QED) is 0.738. The zero-order chi connectivity index (χ0) is 22.4. The Hall–Kier alpha value is -1.88. The summed E-state index contributed by atoms with van der Waals surface area (Å²) in [6.45, 7) is 16.9. The highest BCUT2D eigenvalue weighted by molar-refractivity contribution is 5.94. The third-order valence-electron chi connectivity index (χ3n) is 8.02. The number of amides is 2. The maximum Gasteiger partial charge on any atom is 0.253 e. The largest absolute Gasteiger partial charge is 0.342 e. The SMILES string of the molecule is CCN1CC[C@@]2(CN(CC(C)C)CC23CCN(C(=O)c2cc(C)cc(C)c2)CC3)C1=O. The average molecular weight is 426 g/mol. The number of aryl methyl sites for hydroxylation is 2. The highest BCUT2D eigenvalue weighted by Crippen LogP contribution is 2.58. The molecule has 0 aromatic heterocycles. The molecule has 0 N–H and O–H groups in total. The normalized spacial score (nSPS) is 26.1. The van der Waals surface area contributed by atoms with Gasteiger partial charge in [0, 0.05) is 56.8 Å². The number of piperidine rings is 1. The van der Waals surface area contributed by atoms with Gasteiger partial charge in [-0.1, -0.05) is 31.0 Å². The topological polar surface area (TPSA) is 43.9 Å². The van der Waals surface area contributed by atoms with E-state index < -0.39 is 0 Å². The summed E-state index contributed by atoms with van der Waals surface area (Å²) in [5.74, 6) is 1.10. The summed E-state index contributed by atoms with van der Waals surface area (Å²) in [7, 11) is 0. The van der Waals surface area contributed by atoms with Crippen molar-refractivity contribution in [3.05, 3.63) is 34.9 Å². The van der Waals surface area contributed by atoms with Crippen molar-refractivity contribution in [2.24, 2.45) is 16.7 Å². The summed E-state index contributed by atoms with van der Waals surface area (Å²) in [4.78, 5) is 33.5. The average Bonchev–Trinajstić information content (AvgIpc) is 3.18. The van der Waals surface area contributed by atoms with Crippen LogP contribution in [0.4, 0.5) is 0 Å². The van der Waals surface area contributed by atoms with Gasteiger partial charge >= 0.3 is 0 Å².